The molecule has 0 aliphatic rings. The maximum atomic E-state index is 13.6. The number of hydrogen-bond donors (Lipinski definition) is 1. The summed E-state index contributed by atoms with van der Waals surface area (Å²) in [5.41, 5.74) is 1.92. The zero-order chi connectivity index (χ0) is 17.9. The quantitative estimate of drug-likeness (QED) is 0.930. The van der Waals surface area contributed by atoms with E-state index < -0.39 is 23.2 Å². The van der Waals surface area contributed by atoms with Crippen LogP contribution < -0.4 is 10.2 Å². The number of halogens is 2. The zero-order valence-electron chi connectivity index (χ0n) is 13.7. The van der Waals surface area contributed by atoms with Crippen molar-refractivity contribution >= 4 is 23.2 Å². The molecule has 0 saturated heterocycles. The van der Waals surface area contributed by atoms with E-state index in [9.17, 15) is 18.4 Å². The van der Waals surface area contributed by atoms with Gasteiger partial charge in [0.2, 0.25) is 11.8 Å². The predicted molar refractivity (Wildman–Crippen MR) is 88.9 cm³/mol. The summed E-state index contributed by atoms with van der Waals surface area (Å²) in [5.74, 6) is -2.77. The maximum absolute atomic E-state index is 13.6. The van der Waals surface area contributed by atoms with E-state index >= 15 is 0 Å². The molecule has 0 aliphatic carbocycles. The molecule has 0 atom stereocenters. The first-order valence-electron chi connectivity index (χ1n) is 7.38. The molecule has 4 nitrogen and oxygen atoms in total. The van der Waals surface area contributed by atoms with Gasteiger partial charge in [-0.2, -0.15) is 0 Å². The van der Waals surface area contributed by atoms with E-state index in [1.54, 1.807) is 12.1 Å². The average Bonchev–Trinajstić information content (AvgIpc) is 2.47. The maximum Gasteiger partial charge on any atom is 0.244 e. The van der Waals surface area contributed by atoms with Gasteiger partial charge < -0.3 is 10.2 Å². The summed E-state index contributed by atoms with van der Waals surface area (Å²) in [5, 5.41) is 2.18. The van der Waals surface area contributed by atoms with Gasteiger partial charge in [-0.05, 0) is 49.2 Å². The summed E-state index contributed by atoms with van der Waals surface area (Å²) < 4.78 is 27.2. The fourth-order valence-electron chi connectivity index (χ4n) is 2.43. The molecule has 126 valence electrons. The lowest BCUT2D eigenvalue weighted by molar-refractivity contribution is -0.120. The predicted octanol–water partition coefficient (Wildman–Crippen LogP) is 3.57. The molecule has 0 bridgehead atoms. The Kier molecular flexibility index (Phi) is 5.28. The van der Waals surface area contributed by atoms with Gasteiger partial charge in [-0.3, -0.25) is 9.59 Å². The first kappa shape index (κ1) is 17.6. The molecule has 0 fully saturated rings. The minimum Gasteiger partial charge on any atom is -0.320 e. The standard InChI is InChI=1S/C18H18F2N2O2/c1-11-7-12(2)9-14(8-11)22(13(3)23)10-17(24)21-18-15(19)5-4-6-16(18)20/h4-9H,10H2,1-3H3,(H,21,24). The summed E-state index contributed by atoms with van der Waals surface area (Å²) in [6, 6.07) is 8.78. The Morgan fingerprint density at radius 2 is 1.58 bits per heavy atom. The van der Waals surface area contributed by atoms with Crippen molar-refractivity contribution in [3.63, 3.8) is 0 Å². The number of carbonyl (C=O) groups excluding carboxylic acids is 2. The third kappa shape index (κ3) is 4.16. The third-order valence-electron chi connectivity index (χ3n) is 3.43. The number of rotatable bonds is 4. The van der Waals surface area contributed by atoms with Crippen LogP contribution in [0, 0.1) is 25.5 Å². The first-order chi connectivity index (χ1) is 11.3. The molecule has 24 heavy (non-hydrogen) atoms. The highest BCUT2D eigenvalue weighted by atomic mass is 19.1. The van der Waals surface area contributed by atoms with E-state index in [4.69, 9.17) is 0 Å². The molecule has 0 aromatic heterocycles. The van der Waals surface area contributed by atoms with Crippen molar-refractivity contribution in [1.29, 1.82) is 0 Å². The van der Waals surface area contributed by atoms with Gasteiger partial charge in [0.1, 0.15) is 23.9 Å². The number of carbonyl (C=O) groups is 2. The van der Waals surface area contributed by atoms with Crippen LogP contribution in [0.4, 0.5) is 20.2 Å². The normalized spacial score (nSPS) is 10.4. The van der Waals surface area contributed by atoms with Crippen LogP contribution in [0.2, 0.25) is 0 Å². The molecular formula is C18H18F2N2O2. The van der Waals surface area contributed by atoms with Crippen molar-refractivity contribution in [1.82, 2.24) is 0 Å². The minimum absolute atomic E-state index is 0.341. The molecule has 0 heterocycles. The largest absolute Gasteiger partial charge is 0.320 e. The lowest BCUT2D eigenvalue weighted by atomic mass is 10.1. The second-order valence-corrected chi connectivity index (χ2v) is 5.60. The fourth-order valence-corrected chi connectivity index (χ4v) is 2.43. The summed E-state index contributed by atoms with van der Waals surface area (Å²) in [6.07, 6.45) is 0. The monoisotopic (exact) mass is 332 g/mol. The van der Waals surface area contributed by atoms with Crippen LogP contribution in [0.1, 0.15) is 18.1 Å². The number of benzene rings is 2. The Bertz CT molecular complexity index is 750. The molecule has 2 rings (SSSR count). The van der Waals surface area contributed by atoms with E-state index in [1.807, 2.05) is 19.9 Å². The second kappa shape index (κ2) is 7.21. The van der Waals surface area contributed by atoms with E-state index in [0.29, 0.717) is 5.69 Å². The van der Waals surface area contributed by atoms with Crippen LogP contribution in [-0.2, 0) is 9.59 Å². The Morgan fingerprint density at radius 1 is 1.04 bits per heavy atom. The van der Waals surface area contributed by atoms with Gasteiger partial charge in [-0.1, -0.05) is 12.1 Å². The number of amides is 2. The van der Waals surface area contributed by atoms with Gasteiger partial charge in [-0.25, -0.2) is 8.78 Å². The van der Waals surface area contributed by atoms with E-state index in [2.05, 4.69) is 5.32 Å². The molecular weight excluding hydrogens is 314 g/mol. The lowest BCUT2D eigenvalue weighted by Gasteiger charge is -2.22. The Labute approximate surface area is 139 Å². The molecule has 2 amide bonds. The van der Waals surface area contributed by atoms with Gasteiger partial charge >= 0.3 is 0 Å². The highest BCUT2D eigenvalue weighted by Gasteiger charge is 2.18. The number of nitrogens with one attached hydrogen (secondary N) is 1. The molecule has 0 spiro atoms. The Balaban J connectivity index is 2.22. The highest BCUT2D eigenvalue weighted by molar-refractivity contribution is 6.02. The zero-order valence-corrected chi connectivity index (χ0v) is 13.7. The number of anilines is 2. The van der Waals surface area contributed by atoms with Crippen molar-refractivity contribution in [2.75, 3.05) is 16.8 Å². The van der Waals surface area contributed by atoms with Gasteiger partial charge in [-0.15, -0.1) is 0 Å². The SMILES string of the molecule is CC(=O)N(CC(=O)Nc1c(F)cccc1F)c1cc(C)cc(C)c1. The minimum atomic E-state index is -0.871. The van der Waals surface area contributed by atoms with Crippen molar-refractivity contribution in [2.45, 2.75) is 20.8 Å². The molecule has 6 heteroatoms. The average molecular weight is 332 g/mol. The van der Waals surface area contributed by atoms with Crippen molar-refractivity contribution in [2.24, 2.45) is 0 Å². The summed E-state index contributed by atoms with van der Waals surface area (Å²) >= 11 is 0. The number of para-hydroxylation sites is 1. The lowest BCUT2D eigenvalue weighted by Crippen LogP contribution is -2.37. The highest BCUT2D eigenvalue weighted by Crippen LogP contribution is 2.21. The summed E-state index contributed by atoms with van der Waals surface area (Å²) in [4.78, 5) is 25.3. The molecule has 2 aromatic carbocycles. The molecule has 0 radical (unpaired) electrons. The number of hydrogen-bond acceptors (Lipinski definition) is 2. The second-order valence-electron chi connectivity index (χ2n) is 5.60. The van der Waals surface area contributed by atoms with E-state index in [0.717, 1.165) is 23.3 Å². The Hall–Kier alpha value is -2.76. The molecule has 1 N–H and O–H groups in total. The molecule has 0 saturated carbocycles. The summed E-state index contributed by atoms with van der Waals surface area (Å²) in [7, 11) is 0. The van der Waals surface area contributed by atoms with Crippen LogP contribution in [0.5, 0.6) is 0 Å². The molecule has 0 unspecified atom stereocenters. The van der Waals surface area contributed by atoms with Crippen LogP contribution >= 0.6 is 0 Å². The fraction of sp³-hybridized carbons (Fsp3) is 0.222. The third-order valence-corrected chi connectivity index (χ3v) is 3.43. The number of aryl methyl sites for hydroxylation is 2. The topological polar surface area (TPSA) is 49.4 Å². The van der Waals surface area contributed by atoms with Crippen LogP contribution in [0.15, 0.2) is 36.4 Å². The first-order valence-corrected chi connectivity index (χ1v) is 7.38. The Morgan fingerprint density at radius 3 is 2.08 bits per heavy atom. The van der Waals surface area contributed by atoms with Crippen LogP contribution in [0.3, 0.4) is 0 Å². The van der Waals surface area contributed by atoms with E-state index in [1.165, 1.54) is 17.9 Å². The van der Waals surface area contributed by atoms with Crippen LogP contribution in [0.25, 0.3) is 0 Å². The smallest absolute Gasteiger partial charge is 0.244 e. The molecule has 2 aromatic rings. The van der Waals surface area contributed by atoms with Crippen molar-refractivity contribution in [3.05, 3.63) is 59.2 Å². The van der Waals surface area contributed by atoms with Gasteiger partial charge in [0.15, 0.2) is 0 Å². The van der Waals surface area contributed by atoms with Crippen molar-refractivity contribution < 1.29 is 18.4 Å². The van der Waals surface area contributed by atoms with E-state index in [-0.39, 0.29) is 12.5 Å². The van der Waals surface area contributed by atoms with Gasteiger partial charge in [0.05, 0.1) is 0 Å². The molecule has 0 aliphatic heterocycles. The summed E-state index contributed by atoms with van der Waals surface area (Å²) in [6.45, 7) is 4.74. The van der Waals surface area contributed by atoms with Gasteiger partial charge in [0.25, 0.3) is 0 Å². The van der Waals surface area contributed by atoms with Gasteiger partial charge in [0, 0.05) is 12.6 Å². The van der Waals surface area contributed by atoms with Crippen LogP contribution in [-0.4, -0.2) is 18.4 Å². The van der Waals surface area contributed by atoms with Crippen molar-refractivity contribution in [3.8, 4) is 0 Å². The number of nitrogens with zero attached hydrogens (tertiary/aromatic N) is 1.